The number of carbonyl (C=O) groups excluding carboxylic acids is 3. The van der Waals surface area contributed by atoms with Crippen LogP contribution >= 0.6 is 0 Å². The molecular weight excluding hydrogens is 644 g/mol. The summed E-state index contributed by atoms with van der Waals surface area (Å²) in [5.74, 6) is -3.51. The molecule has 0 aliphatic rings. The number of halogens is 2. The first-order valence-electron chi connectivity index (χ1n) is 15.8. The summed E-state index contributed by atoms with van der Waals surface area (Å²) in [5.41, 5.74) is 2.94. The summed E-state index contributed by atoms with van der Waals surface area (Å²) in [4.78, 5) is 41.1. The van der Waals surface area contributed by atoms with Gasteiger partial charge in [-0.1, -0.05) is 39.0 Å². The average molecular weight is 688 g/mol. The fourth-order valence-electron chi connectivity index (χ4n) is 5.19. The molecule has 0 aliphatic carbocycles. The maximum Gasteiger partial charge on any atom is 0.265 e. The van der Waals surface area contributed by atoms with E-state index in [1.807, 2.05) is 20.8 Å². The number of hydrogen-bond acceptors (Lipinski definition) is 7. The number of nitrogens with zero attached hydrogens (tertiary/aromatic N) is 2. The first kappa shape index (κ1) is 38.2. The van der Waals surface area contributed by atoms with E-state index in [-0.39, 0.29) is 29.7 Å². The number of primary sulfonamides is 1. The van der Waals surface area contributed by atoms with E-state index in [0.29, 0.717) is 50.5 Å². The molecule has 0 radical (unpaired) electrons. The molecule has 14 heteroatoms. The molecular formula is C34H43F2N5O6S. The normalized spacial score (nSPS) is 12.8. The number of aliphatic hydroxyl groups is 1. The van der Waals surface area contributed by atoms with E-state index < -0.39 is 56.4 Å². The van der Waals surface area contributed by atoms with Crippen LogP contribution in [0.1, 0.15) is 76.7 Å². The van der Waals surface area contributed by atoms with Crippen molar-refractivity contribution in [2.24, 2.45) is 5.14 Å². The lowest BCUT2D eigenvalue weighted by Gasteiger charge is -2.30. The molecule has 3 aromatic rings. The second kappa shape index (κ2) is 17.8. The Morgan fingerprint density at radius 2 is 1.40 bits per heavy atom. The van der Waals surface area contributed by atoms with Crippen molar-refractivity contribution >= 4 is 27.7 Å². The molecule has 0 saturated heterocycles. The van der Waals surface area contributed by atoms with Crippen molar-refractivity contribution in [1.29, 1.82) is 0 Å². The first-order chi connectivity index (χ1) is 22.7. The minimum absolute atomic E-state index is 0.0735. The van der Waals surface area contributed by atoms with Crippen LogP contribution in [0.4, 0.5) is 8.78 Å². The van der Waals surface area contributed by atoms with Gasteiger partial charge in [0.25, 0.3) is 17.7 Å². The molecule has 0 aromatic heterocycles. The van der Waals surface area contributed by atoms with E-state index in [1.165, 1.54) is 11.1 Å². The standard InChI is InChI=1S/C34H43F2N5O6S/c1-4-12-40(13-5-2)34(45)26-18-25(19-29(20-26)48(37,46)47)32(43)38-30(17-23-15-27(35)21-28(36)16-23)31(42)22-41(14-6-3)39-33(44)24-10-8-7-9-11-24/h7-11,15-16,18-21,30-31,42H,4-6,12-14,17,22H2,1-3H3,(H,38,43)(H,39,44)(H2,37,46,47). The predicted molar refractivity (Wildman–Crippen MR) is 177 cm³/mol. The molecule has 3 amide bonds. The lowest BCUT2D eigenvalue weighted by atomic mass is 9.99. The van der Waals surface area contributed by atoms with Gasteiger partial charge in [0.05, 0.1) is 17.0 Å². The first-order valence-corrected chi connectivity index (χ1v) is 17.3. The molecule has 11 nitrogen and oxygen atoms in total. The van der Waals surface area contributed by atoms with Gasteiger partial charge in [0.1, 0.15) is 11.6 Å². The number of hydrogen-bond donors (Lipinski definition) is 4. The smallest absolute Gasteiger partial charge is 0.265 e. The van der Waals surface area contributed by atoms with Crippen LogP contribution in [0.2, 0.25) is 0 Å². The number of aliphatic hydroxyl groups excluding tert-OH is 1. The minimum atomic E-state index is -4.36. The molecule has 0 heterocycles. The van der Waals surface area contributed by atoms with Gasteiger partial charge in [-0.25, -0.2) is 27.3 Å². The van der Waals surface area contributed by atoms with Crippen molar-refractivity contribution in [3.8, 4) is 0 Å². The van der Waals surface area contributed by atoms with Crippen molar-refractivity contribution < 1.29 is 36.7 Å². The Hall–Kier alpha value is -4.24. The van der Waals surface area contributed by atoms with E-state index in [0.717, 1.165) is 24.3 Å². The molecule has 48 heavy (non-hydrogen) atoms. The Bertz CT molecular complexity index is 1650. The number of nitrogens with one attached hydrogen (secondary N) is 2. The topological polar surface area (TPSA) is 162 Å². The number of nitrogens with two attached hydrogens (primary N) is 1. The lowest BCUT2D eigenvalue weighted by molar-refractivity contribution is 0.0451. The van der Waals surface area contributed by atoms with Gasteiger partial charge < -0.3 is 15.3 Å². The number of benzene rings is 3. The summed E-state index contributed by atoms with van der Waals surface area (Å²) < 4.78 is 53.0. The van der Waals surface area contributed by atoms with Crippen LogP contribution in [0.25, 0.3) is 0 Å². The van der Waals surface area contributed by atoms with Crippen LogP contribution in [0.15, 0.2) is 71.6 Å². The third-order valence-electron chi connectivity index (χ3n) is 7.37. The molecule has 3 rings (SSSR count). The highest BCUT2D eigenvalue weighted by Crippen LogP contribution is 2.19. The van der Waals surface area contributed by atoms with E-state index in [9.17, 15) is 36.7 Å². The molecule has 0 fully saturated rings. The van der Waals surface area contributed by atoms with Gasteiger partial charge in [0, 0.05) is 48.9 Å². The van der Waals surface area contributed by atoms with Crippen molar-refractivity contribution in [3.63, 3.8) is 0 Å². The summed E-state index contributed by atoms with van der Waals surface area (Å²) >= 11 is 0. The molecule has 2 unspecified atom stereocenters. The third-order valence-corrected chi connectivity index (χ3v) is 8.27. The largest absolute Gasteiger partial charge is 0.390 e. The molecule has 5 N–H and O–H groups in total. The number of hydrazine groups is 1. The average Bonchev–Trinajstić information content (AvgIpc) is 3.03. The predicted octanol–water partition coefficient (Wildman–Crippen LogP) is 3.63. The highest BCUT2D eigenvalue weighted by molar-refractivity contribution is 7.89. The van der Waals surface area contributed by atoms with Crippen molar-refractivity contribution in [3.05, 3.63) is 101 Å². The van der Waals surface area contributed by atoms with Gasteiger partial charge >= 0.3 is 0 Å². The van der Waals surface area contributed by atoms with Crippen LogP contribution in [0, 0.1) is 11.6 Å². The summed E-state index contributed by atoms with van der Waals surface area (Å²) in [6, 6.07) is 13.4. The van der Waals surface area contributed by atoms with Crippen LogP contribution < -0.4 is 15.9 Å². The van der Waals surface area contributed by atoms with Crippen molar-refractivity contribution in [1.82, 2.24) is 20.7 Å². The molecule has 0 bridgehead atoms. The van der Waals surface area contributed by atoms with Gasteiger partial charge in [-0.3, -0.25) is 19.8 Å². The Morgan fingerprint density at radius 3 is 1.96 bits per heavy atom. The van der Waals surface area contributed by atoms with Gasteiger partial charge in [-0.2, -0.15) is 0 Å². The Morgan fingerprint density at radius 1 is 0.812 bits per heavy atom. The SMILES string of the molecule is CCCN(CC(O)C(Cc1cc(F)cc(F)c1)NC(=O)c1cc(C(=O)N(CCC)CCC)cc(S(N)(=O)=O)c1)NC(=O)c1ccccc1. The second-order valence-electron chi connectivity index (χ2n) is 11.5. The summed E-state index contributed by atoms with van der Waals surface area (Å²) in [5, 5.41) is 20.9. The number of carbonyl (C=O) groups is 3. The molecule has 0 saturated carbocycles. The monoisotopic (exact) mass is 687 g/mol. The number of rotatable bonds is 17. The lowest BCUT2D eigenvalue weighted by Crippen LogP contribution is -2.53. The zero-order chi connectivity index (χ0) is 35.4. The Balaban J connectivity index is 1.97. The molecule has 0 spiro atoms. The summed E-state index contributed by atoms with van der Waals surface area (Å²) in [6.45, 7) is 6.57. The highest BCUT2D eigenvalue weighted by atomic mass is 32.2. The third kappa shape index (κ3) is 11.2. The van der Waals surface area contributed by atoms with Gasteiger partial charge in [-0.05, 0) is 73.7 Å². The summed E-state index contributed by atoms with van der Waals surface area (Å²) in [6.07, 6.45) is 0.229. The maximum atomic E-state index is 14.1. The highest BCUT2D eigenvalue weighted by Gasteiger charge is 2.28. The fourth-order valence-corrected chi connectivity index (χ4v) is 5.77. The quantitative estimate of drug-likeness (QED) is 0.158. The van der Waals surface area contributed by atoms with Gasteiger partial charge in [0.2, 0.25) is 10.0 Å². The van der Waals surface area contributed by atoms with E-state index >= 15 is 0 Å². The molecule has 3 aromatic carbocycles. The zero-order valence-electron chi connectivity index (χ0n) is 27.3. The van der Waals surface area contributed by atoms with Crippen molar-refractivity contribution in [2.45, 2.75) is 63.5 Å². The van der Waals surface area contributed by atoms with Crippen LogP contribution in [-0.2, 0) is 16.4 Å². The number of amides is 3. The Labute approximate surface area is 280 Å². The zero-order valence-corrected chi connectivity index (χ0v) is 28.1. The summed E-state index contributed by atoms with van der Waals surface area (Å²) in [7, 11) is -4.36. The molecule has 260 valence electrons. The number of sulfonamides is 1. The van der Waals surface area contributed by atoms with E-state index in [1.54, 1.807) is 35.2 Å². The van der Waals surface area contributed by atoms with Crippen molar-refractivity contribution in [2.75, 3.05) is 26.2 Å². The maximum absolute atomic E-state index is 14.1. The van der Waals surface area contributed by atoms with Gasteiger partial charge in [-0.15, -0.1) is 0 Å². The molecule has 2 atom stereocenters. The second-order valence-corrected chi connectivity index (χ2v) is 13.0. The van der Waals surface area contributed by atoms with Crippen LogP contribution in [0.3, 0.4) is 0 Å². The molecule has 0 aliphatic heterocycles. The van der Waals surface area contributed by atoms with Gasteiger partial charge in [0.15, 0.2) is 0 Å². The minimum Gasteiger partial charge on any atom is -0.390 e. The van der Waals surface area contributed by atoms with E-state index in [4.69, 9.17) is 5.14 Å². The fraction of sp³-hybridized carbons (Fsp3) is 0.382. The Kier molecular flexibility index (Phi) is 14.2. The van der Waals surface area contributed by atoms with E-state index in [2.05, 4.69) is 10.7 Å². The van der Waals surface area contributed by atoms with Crippen LogP contribution in [-0.4, -0.2) is 79.5 Å². The van der Waals surface area contributed by atoms with Crippen LogP contribution in [0.5, 0.6) is 0 Å².